The maximum absolute atomic E-state index is 12.4. The maximum Gasteiger partial charge on any atom is 0.407 e. The third-order valence-electron chi connectivity index (χ3n) is 6.10. The number of hydrogen-bond donors (Lipinski definition) is 5. The molecule has 5 unspecified atom stereocenters. The van der Waals surface area contributed by atoms with Crippen LogP contribution in [0.25, 0.3) is 0 Å². The van der Waals surface area contributed by atoms with Crippen LogP contribution >= 0.6 is 0 Å². The van der Waals surface area contributed by atoms with E-state index in [0.29, 0.717) is 13.1 Å². The third-order valence-corrected chi connectivity index (χ3v) is 6.10. The minimum atomic E-state index is -1.04. The normalized spacial score (nSPS) is 24.5. The molecule has 30 heavy (non-hydrogen) atoms. The predicted molar refractivity (Wildman–Crippen MR) is 115 cm³/mol. The maximum atomic E-state index is 12.4. The van der Waals surface area contributed by atoms with Crippen molar-refractivity contribution in [3.05, 3.63) is 0 Å². The summed E-state index contributed by atoms with van der Waals surface area (Å²) in [6.45, 7) is 6.57. The molecule has 2 amide bonds. The van der Waals surface area contributed by atoms with Crippen LogP contribution in [0.4, 0.5) is 4.79 Å². The van der Waals surface area contributed by atoms with E-state index in [4.69, 9.17) is 16.2 Å². The molecule has 1 fully saturated rings. The Morgan fingerprint density at radius 1 is 1.13 bits per heavy atom. The van der Waals surface area contributed by atoms with Crippen molar-refractivity contribution in [3.63, 3.8) is 0 Å². The number of alkyl carbamates (subject to hydrolysis) is 1. The predicted octanol–water partition coefficient (Wildman–Crippen LogP) is 1.59. The molecule has 1 aliphatic rings. The Labute approximate surface area is 179 Å². The number of unbranched alkanes of at least 4 members (excludes halogenated alkanes) is 3. The second-order valence-electron chi connectivity index (χ2n) is 8.22. The quantitative estimate of drug-likeness (QED) is 0.279. The van der Waals surface area contributed by atoms with Gasteiger partial charge in [-0.2, -0.15) is 0 Å². The lowest BCUT2D eigenvalue weighted by Crippen LogP contribution is -2.53. The van der Waals surface area contributed by atoms with E-state index in [2.05, 4.69) is 10.6 Å². The highest BCUT2D eigenvalue weighted by atomic mass is 16.6. The van der Waals surface area contributed by atoms with Gasteiger partial charge in [0, 0.05) is 31.5 Å². The van der Waals surface area contributed by atoms with E-state index in [-0.39, 0.29) is 24.3 Å². The number of aliphatic carboxylic acids is 1. The summed E-state index contributed by atoms with van der Waals surface area (Å²) in [5.74, 6) is -2.51. The first-order valence-corrected chi connectivity index (χ1v) is 11.2. The van der Waals surface area contributed by atoms with Crippen LogP contribution in [-0.2, 0) is 14.3 Å². The van der Waals surface area contributed by atoms with Gasteiger partial charge in [-0.25, -0.2) is 4.79 Å². The highest BCUT2D eigenvalue weighted by Gasteiger charge is 2.52. The van der Waals surface area contributed by atoms with Crippen LogP contribution in [0.5, 0.6) is 0 Å². The zero-order chi connectivity index (χ0) is 22.7. The molecular weight excluding hydrogens is 388 g/mol. The van der Waals surface area contributed by atoms with Gasteiger partial charge < -0.3 is 31.9 Å². The summed E-state index contributed by atoms with van der Waals surface area (Å²) in [7, 11) is 0. The first-order valence-electron chi connectivity index (χ1n) is 11.2. The number of carbonyl (C=O) groups is 3. The Morgan fingerprint density at radius 3 is 2.30 bits per heavy atom. The van der Waals surface area contributed by atoms with Crippen molar-refractivity contribution < 1.29 is 24.2 Å². The Kier molecular flexibility index (Phi) is 11.7. The monoisotopic (exact) mass is 428 g/mol. The number of rotatable bonds is 13. The molecule has 9 heteroatoms. The van der Waals surface area contributed by atoms with Gasteiger partial charge in [0.1, 0.15) is 6.10 Å². The highest BCUT2D eigenvalue weighted by Crippen LogP contribution is 2.38. The van der Waals surface area contributed by atoms with Crippen LogP contribution in [0.3, 0.4) is 0 Å². The molecular formula is C21H40N4O5. The van der Waals surface area contributed by atoms with Gasteiger partial charge in [-0.05, 0) is 31.7 Å². The molecule has 1 saturated carbocycles. The third kappa shape index (κ3) is 7.75. The lowest BCUT2D eigenvalue weighted by Gasteiger charge is -2.36. The van der Waals surface area contributed by atoms with Crippen molar-refractivity contribution in [2.75, 3.05) is 13.1 Å². The molecule has 0 aliphatic heterocycles. The smallest absolute Gasteiger partial charge is 0.407 e. The van der Waals surface area contributed by atoms with Gasteiger partial charge in [0.2, 0.25) is 5.91 Å². The summed E-state index contributed by atoms with van der Waals surface area (Å²) < 4.78 is 5.62. The lowest BCUT2D eigenvalue weighted by molar-refractivity contribution is -0.145. The molecule has 174 valence electrons. The van der Waals surface area contributed by atoms with Gasteiger partial charge in [0.15, 0.2) is 0 Å². The molecule has 0 spiro atoms. The lowest BCUT2D eigenvalue weighted by atomic mass is 9.80. The van der Waals surface area contributed by atoms with Crippen molar-refractivity contribution in [3.8, 4) is 0 Å². The first-order chi connectivity index (χ1) is 14.3. The molecule has 1 rings (SSSR count). The van der Waals surface area contributed by atoms with Crippen molar-refractivity contribution in [2.45, 2.75) is 83.9 Å². The Bertz CT molecular complexity index is 556. The van der Waals surface area contributed by atoms with Crippen LogP contribution in [0.2, 0.25) is 0 Å². The molecule has 1 aliphatic carbocycles. The summed E-state index contributed by atoms with van der Waals surface area (Å²) in [6, 6.07) is -0.844. The summed E-state index contributed by atoms with van der Waals surface area (Å²) in [4.78, 5) is 36.1. The largest absolute Gasteiger partial charge is 0.481 e. The number of ether oxygens (including phenoxy) is 1. The van der Waals surface area contributed by atoms with Crippen molar-refractivity contribution >= 4 is 18.0 Å². The first kappa shape index (κ1) is 26.2. The van der Waals surface area contributed by atoms with Crippen molar-refractivity contribution in [1.82, 2.24) is 10.6 Å². The summed E-state index contributed by atoms with van der Waals surface area (Å²) >= 11 is 0. The minimum Gasteiger partial charge on any atom is -0.481 e. The minimum absolute atomic E-state index is 0.106. The van der Waals surface area contributed by atoms with Gasteiger partial charge in [0.05, 0.1) is 5.92 Å². The standard InChI is InChI=1S/C21H40N4O5/c1-4-14(5-2)18(25-13(3)26)17-16(23)12-15(20(27)28)19(17)30-21(29)24-11-9-7-6-8-10-22/h14-19H,4-12,22-23H2,1-3H3,(H,24,29)(H,25,26)(H,27,28). The number of carbonyl (C=O) groups excluding carboxylic acids is 2. The average Bonchev–Trinajstić information content (AvgIpc) is 3.00. The SMILES string of the molecule is CCC(CC)C(NC(C)=O)C1C(N)CC(C(=O)O)C1OC(=O)NCCCCCCN. The number of nitrogens with one attached hydrogen (secondary N) is 2. The zero-order valence-corrected chi connectivity index (χ0v) is 18.6. The average molecular weight is 429 g/mol. The molecule has 0 aromatic heterocycles. The second kappa shape index (κ2) is 13.4. The molecule has 0 aromatic carbocycles. The fraction of sp³-hybridized carbons (Fsp3) is 0.857. The number of amides is 2. The number of carboxylic acids is 1. The highest BCUT2D eigenvalue weighted by molar-refractivity contribution is 5.74. The van der Waals surface area contributed by atoms with Crippen LogP contribution < -0.4 is 22.1 Å². The van der Waals surface area contributed by atoms with E-state index in [1.165, 1.54) is 6.92 Å². The van der Waals surface area contributed by atoms with Crippen molar-refractivity contribution in [1.29, 1.82) is 0 Å². The summed E-state index contributed by atoms with van der Waals surface area (Å²) in [5, 5.41) is 15.3. The van der Waals surface area contributed by atoms with E-state index in [9.17, 15) is 19.5 Å². The van der Waals surface area contributed by atoms with Crippen LogP contribution in [0.1, 0.15) is 65.7 Å². The fourth-order valence-electron chi connectivity index (χ4n) is 4.51. The van der Waals surface area contributed by atoms with Gasteiger partial charge in [-0.1, -0.05) is 39.5 Å². The van der Waals surface area contributed by atoms with Gasteiger partial charge in [-0.3, -0.25) is 9.59 Å². The molecule has 0 aromatic rings. The Morgan fingerprint density at radius 2 is 1.77 bits per heavy atom. The Hall–Kier alpha value is -1.87. The van der Waals surface area contributed by atoms with Gasteiger partial charge in [-0.15, -0.1) is 0 Å². The summed E-state index contributed by atoms with van der Waals surface area (Å²) in [6.07, 6.45) is 3.96. The van der Waals surface area contributed by atoms with E-state index in [1.54, 1.807) is 0 Å². The van der Waals surface area contributed by atoms with Crippen LogP contribution in [0.15, 0.2) is 0 Å². The molecule has 9 nitrogen and oxygen atoms in total. The van der Waals surface area contributed by atoms with E-state index >= 15 is 0 Å². The molecule has 0 saturated heterocycles. The summed E-state index contributed by atoms with van der Waals surface area (Å²) in [5.41, 5.74) is 11.8. The fourth-order valence-corrected chi connectivity index (χ4v) is 4.51. The molecule has 0 radical (unpaired) electrons. The zero-order valence-electron chi connectivity index (χ0n) is 18.6. The number of nitrogens with two attached hydrogens (primary N) is 2. The van der Waals surface area contributed by atoms with Gasteiger partial charge in [0.25, 0.3) is 0 Å². The van der Waals surface area contributed by atoms with E-state index < -0.39 is 36.0 Å². The van der Waals surface area contributed by atoms with Crippen LogP contribution in [-0.4, -0.2) is 54.4 Å². The van der Waals surface area contributed by atoms with E-state index in [0.717, 1.165) is 38.5 Å². The second-order valence-corrected chi connectivity index (χ2v) is 8.22. The topological polar surface area (TPSA) is 157 Å². The Balaban J connectivity index is 2.90. The van der Waals surface area contributed by atoms with Gasteiger partial charge >= 0.3 is 12.1 Å². The molecule has 5 atom stereocenters. The number of carboxylic acid groups (broad SMARTS) is 1. The molecule has 7 N–H and O–H groups in total. The molecule has 0 bridgehead atoms. The van der Waals surface area contributed by atoms with E-state index in [1.807, 2.05) is 13.8 Å². The van der Waals surface area contributed by atoms with Crippen molar-refractivity contribution in [2.24, 2.45) is 29.2 Å². The number of hydrogen-bond acceptors (Lipinski definition) is 6. The van der Waals surface area contributed by atoms with Crippen LogP contribution in [0, 0.1) is 17.8 Å². The molecule has 0 heterocycles.